The van der Waals surface area contributed by atoms with Gasteiger partial charge in [0.1, 0.15) is 0 Å². The van der Waals surface area contributed by atoms with Gasteiger partial charge in [-0.3, -0.25) is 0 Å². The third-order valence-corrected chi connectivity index (χ3v) is 3.58. The highest BCUT2D eigenvalue weighted by Crippen LogP contribution is 2.20. The summed E-state index contributed by atoms with van der Waals surface area (Å²) in [5.41, 5.74) is 9.11. The van der Waals surface area contributed by atoms with Crippen LogP contribution in [0.1, 0.15) is 16.8 Å². The number of hydrogen-bond acceptors (Lipinski definition) is 4. The van der Waals surface area contributed by atoms with E-state index in [-0.39, 0.29) is 0 Å². The molecule has 3 nitrogen and oxygen atoms in total. The van der Waals surface area contributed by atoms with Gasteiger partial charge in [-0.05, 0) is 12.5 Å². The highest BCUT2D eigenvalue weighted by Gasteiger charge is 2.06. The van der Waals surface area contributed by atoms with E-state index in [1.54, 1.807) is 11.3 Å². The van der Waals surface area contributed by atoms with Crippen LogP contribution in [0.3, 0.4) is 0 Å². The van der Waals surface area contributed by atoms with Gasteiger partial charge >= 0.3 is 0 Å². The van der Waals surface area contributed by atoms with Crippen LogP contribution in [0.25, 0.3) is 0 Å². The van der Waals surface area contributed by atoms with E-state index in [1.807, 2.05) is 5.38 Å². The first-order valence-electron chi connectivity index (χ1n) is 5.60. The Balaban J connectivity index is 2.08. The predicted molar refractivity (Wildman–Crippen MR) is 73.3 cm³/mol. The second-order valence-electron chi connectivity index (χ2n) is 4.17. The van der Waals surface area contributed by atoms with Crippen LogP contribution in [-0.2, 0) is 13.1 Å². The van der Waals surface area contributed by atoms with Crippen LogP contribution in [0.4, 0.5) is 5.13 Å². The van der Waals surface area contributed by atoms with Gasteiger partial charge < -0.3 is 10.6 Å². The molecule has 1 aromatic heterocycles. The van der Waals surface area contributed by atoms with Crippen molar-refractivity contribution in [1.82, 2.24) is 4.98 Å². The van der Waals surface area contributed by atoms with Crippen molar-refractivity contribution in [3.8, 4) is 0 Å². The SMILES string of the molecule is Cc1cccc(CN(C)c2nc(CN)cs2)c1. The van der Waals surface area contributed by atoms with Gasteiger partial charge in [0.15, 0.2) is 5.13 Å². The number of benzene rings is 1. The fraction of sp³-hybridized carbons (Fsp3) is 0.308. The second-order valence-corrected chi connectivity index (χ2v) is 5.01. The van der Waals surface area contributed by atoms with Gasteiger partial charge in [0.25, 0.3) is 0 Å². The topological polar surface area (TPSA) is 42.2 Å². The van der Waals surface area contributed by atoms with E-state index in [4.69, 9.17) is 5.73 Å². The van der Waals surface area contributed by atoms with Crippen molar-refractivity contribution in [1.29, 1.82) is 0 Å². The van der Waals surface area contributed by atoms with Crippen molar-refractivity contribution in [2.24, 2.45) is 5.73 Å². The second kappa shape index (κ2) is 5.29. The molecule has 0 aliphatic rings. The largest absolute Gasteiger partial charge is 0.347 e. The fourth-order valence-corrected chi connectivity index (χ4v) is 2.52. The summed E-state index contributed by atoms with van der Waals surface area (Å²) in [6.07, 6.45) is 0. The molecular formula is C13H17N3S. The first kappa shape index (κ1) is 12.1. The third kappa shape index (κ3) is 3.05. The Morgan fingerprint density at radius 1 is 1.41 bits per heavy atom. The van der Waals surface area contributed by atoms with Crippen molar-refractivity contribution in [2.45, 2.75) is 20.0 Å². The third-order valence-electron chi connectivity index (χ3n) is 2.58. The molecule has 0 spiro atoms. The van der Waals surface area contributed by atoms with Crippen LogP contribution in [0, 0.1) is 6.92 Å². The van der Waals surface area contributed by atoms with Gasteiger partial charge in [0, 0.05) is 25.5 Å². The molecule has 1 aromatic carbocycles. The average molecular weight is 247 g/mol. The van der Waals surface area contributed by atoms with Gasteiger partial charge in [-0.25, -0.2) is 4.98 Å². The van der Waals surface area contributed by atoms with E-state index in [0.717, 1.165) is 17.4 Å². The summed E-state index contributed by atoms with van der Waals surface area (Å²) < 4.78 is 0. The Kier molecular flexibility index (Phi) is 3.76. The minimum Gasteiger partial charge on any atom is -0.347 e. The van der Waals surface area contributed by atoms with Crippen molar-refractivity contribution < 1.29 is 0 Å². The van der Waals surface area contributed by atoms with Crippen molar-refractivity contribution in [2.75, 3.05) is 11.9 Å². The lowest BCUT2D eigenvalue weighted by Gasteiger charge is -2.15. The number of rotatable bonds is 4. The number of aryl methyl sites for hydroxylation is 1. The molecule has 0 saturated heterocycles. The van der Waals surface area contributed by atoms with Crippen LogP contribution < -0.4 is 10.6 Å². The maximum Gasteiger partial charge on any atom is 0.185 e. The molecule has 0 saturated carbocycles. The Labute approximate surface area is 106 Å². The minimum atomic E-state index is 0.509. The van der Waals surface area contributed by atoms with Gasteiger partial charge in [0.05, 0.1) is 5.69 Å². The summed E-state index contributed by atoms with van der Waals surface area (Å²) in [5, 5.41) is 3.04. The summed E-state index contributed by atoms with van der Waals surface area (Å²) in [6.45, 7) is 3.49. The number of nitrogens with two attached hydrogens (primary N) is 1. The standard InChI is InChI=1S/C13H17N3S/c1-10-4-3-5-11(6-10)8-16(2)13-15-12(7-14)9-17-13/h3-6,9H,7-8,14H2,1-2H3. The monoisotopic (exact) mass is 247 g/mol. The lowest BCUT2D eigenvalue weighted by Crippen LogP contribution is -2.16. The van der Waals surface area contributed by atoms with Gasteiger partial charge in [-0.1, -0.05) is 29.8 Å². The molecule has 0 bridgehead atoms. The number of anilines is 1. The molecule has 0 aliphatic heterocycles. The van der Waals surface area contributed by atoms with Gasteiger partial charge in [-0.15, -0.1) is 11.3 Å². The molecule has 0 fully saturated rings. The molecule has 2 N–H and O–H groups in total. The zero-order valence-electron chi connectivity index (χ0n) is 10.2. The maximum atomic E-state index is 5.56. The van der Waals surface area contributed by atoms with E-state index < -0.39 is 0 Å². The van der Waals surface area contributed by atoms with Crippen molar-refractivity contribution >= 4 is 16.5 Å². The van der Waals surface area contributed by atoms with Gasteiger partial charge in [-0.2, -0.15) is 0 Å². The number of thiazole rings is 1. The molecule has 2 rings (SSSR count). The quantitative estimate of drug-likeness (QED) is 0.903. The van der Waals surface area contributed by atoms with Crippen LogP contribution in [0.5, 0.6) is 0 Å². The summed E-state index contributed by atoms with van der Waals surface area (Å²) in [4.78, 5) is 6.62. The molecule has 17 heavy (non-hydrogen) atoms. The number of nitrogens with zero attached hydrogens (tertiary/aromatic N) is 2. The normalized spacial score (nSPS) is 10.5. The first-order chi connectivity index (χ1) is 8.19. The van der Waals surface area contributed by atoms with Crippen LogP contribution in [0.15, 0.2) is 29.6 Å². The number of aromatic nitrogens is 1. The molecule has 4 heteroatoms. The summed E-state index contributed by atoms with van der Waals surface area (Å²) in [6, 6.07) is 8.54. The average Bonchev–Trinajstić information content (AvgIpc) is 2.77. The first-order valence-corrected chi connectivity index (χ1v) is 6.48. The van der Waals surface area contributed by atoms with Crippen LogP contribution in [0.2, 0.25) is 0 Å². The highest BCUT2D eigenvalue weighted by molar-refractivity contribution is 7.13. The molecule has 0 aliphatic carbocycles. The smallest absolute Gasteiger partial charge is 0.185 e. The lowest BCUT2D eigenvalue weighted by molar-refractivity contribution is 0.899. The van der Waals surface area contributed by atoms with E-state index in [9.17, 15) is 0 Å². The fourth-order valence-electron chi connectivity index (χ4n) is 1.72. The highest BCUT2D eigenvalue weighted by atomic mass is 32.1. The molecule has 0 amide bonds. The van der Waals surface area contributed by atoms with Crippen molar-refractivity contribution in [3.63, 3.8) is 0 Å². The van der Waals surface area contributed by atoms with Crippen LogP contribution >= 0.6 is 11.3 Å². The molecule has 2 aromatic rings. The molecular weight excluding hydrogens is 230 g/mol. The number of hydrogen-bond donors (Lipinski definition) is 1. The lowest BCUT2D eigenvalue weighted by atomic mass is 10.1. The molecule has 0 atom stereocenters. The Hall–Kier alpha value is -1.39. The van der Waals surface area contributed by atoms with E-state index in [0.29, 0.717) is 6.54 Å². The maximum absolute atomic E-state index is 5.56. The van der Waals surface area contributed by atoms with Crippen molar-refractivity contribution in [3.05, 3.63) is 46.5 Å². The zero-order chi connectivity index (χ0) is 12.3. The zero-order valence-corrected chi connectivity index (χ0v) is 11.0. The Morgan fingerprint density at radius 2 is 2.24 bits per heavy atom. The molecule has 0 unspecified atom stereocenters. The summed E-state index contributed by atoms with van der Waals surface area (Å²) >= 11 is 1.64. The summed E-state index contributed by atoms with van der Waals surface area (Å²) in [7, 11) is 2.06. The van der Waals surface area contributed by atoms with Gasteiger partial charge in [0.2, 0.25) is 0 Å². The molecule has 90 valence electrons. The Morgan fingerprint density at radius 3 is 2.88 bits per heavy atom. The predicted octanol–water partition coefficient (Wildman–Crippen LogP) is 2.55. The van der Waals surface area contributed by atoms with E-state index in [1.165, 1.54) is 11.1 Å². The molecule has 1 heterocycles. The van der Waals surface area contributed by atoms with E-state index >= 15 is 0 Å². The van der Waals surface area contributed by atoms with E-state index in [2.05, 4.69) is 48.1 Å². The summed E-state index contributed by atoms with van der Waals surface area (Å²) in [5.74, 6) is 0. The minimum absolute atomic E-state index is 0.509. The Bertz CT molecular complexity index is 493. The molecule has 0 radical (unpaired) electrons. The van der Waals surface area contributed by atoms with Crippen LogP contribution in [-0.4, -0.2) is 12.0 Å².